The highest BCUT2D eigenvalue weighted by molar-refractivity contribution is 6.06. The lowest BCUT2D eigenvalue weighted by molar-refractivity contribution is -0.137. The normalized spacial score (nSPS) is 15.0. The number of unbranched alkanes of at least 4 members (excludes halogenated alkanes) is 1. The molecular weight excluding hydrogens is 678 g/mol. The van der Waals surface area contributed by atoms with Crippen molar-refractivity contribution in [1.29, 1.82) is 0 Å². The summed E-state index contributed by atoms with van der Waals surface area (Å²) in [6.45, 7) is 0.578. The fraction of sp³-hybridized carbons (Fsp3) is 0.400. The number of rotatable bonds is 18. The molecule has 1 unspecified atom stereocenters. The maximum Gasteiger partial charge on any atom is 0.255 e. The Kier molecular flexibility index (Phi) is 13.6. The first-order chi connectivity index (χ1) is 25.6. The second kappa shape index (κ2) is 18.7. The average Bonchev–Trinajstić information content (AvgIpc) is 3.48. The number of nitrogens with zero attached hydrogens (tertiary/aromatic N) is 1. The first kappa shape index (κ1) is 38.5. The molecule has 280 valence electrons. The van der Waals surface area contributed by atoms with Crippen LogP contribution >= 0.6 is 0 Å². The third-order valence-corrected chi connectivity index (χ3v) is 9.41. The van der Waals surface area contributed by atoms with Gasteiger partial charge in [-0.3, -0.25) is 34.1 Å². The molecule has 1 atom stereocenters. The Morgan fingerprint density at radius 1 is 0.774 bits per heavy atom. The molecule has 2 heterocycles. The van der Waals surface area contributed by atoms with Crippen molar-refractivity contribution in [3.63, 3.8) is 0 Å². The molecular formula is C40H47N5O8. The Balaban J connectivity index is 0.940. The van der Waals surface area contributed by atoms with Gasteiger partial charge < -0.3 is 30.3 Å². The Morgan fingerprint density at radius 2 is 1.49 bits per heavy atom. The Labute approximate surface area is 309 Å². The molecule has 5 rings (SSSR count). The van der Waals surface area contributed by atoms with Gasteiger partial charge in [-0.25, -0.2) is 0 Å². The number of hydrogen-bond acceptors (Lipinski definition) is 8. The average molecular weight is 726 g/mol. The van der Waals surface area contributed by atoms with Gasteiger partial charge in [-0.1, -0.05) is 24.3 Å². The van der Waals surface area contributed by atoms with E-state index in [9.17, 15) is 28.8 Å². The molecule has 0 aromatic heterocycles. The van der Waals surface area contributed by atoms with Crippen LogP contribution in [0.25, 0.3) is 0 Å². The van der Waals surface area contributed by atoms with Crippen molar-refractivity contribution in [2.75, 3.05) is 31.4 Å². The quantitative estimate of drug-likeness (QED) is 0.108. The molecule has 4 N–H and O–H groups in total. The van der Waals surface area contributed by atoms with Gasteiger partial charge in [0.15, 0.2) is 11.5 Å². The van der Waals surface area contributed by atoms with Gasteiger partial charge in [-0.15, -0.1) is 0 Å². The lowest BCUT2D eigenvalue weighted by Gasteiger charge is -2.29. The fourth-order valence-electron chi connectivity index (χ4n) is 6.61. The van der Waals surface area contributed by atoms with E-state index in [1.165, 1.54) is 4.90 Å². The van der Waals surface area contributed by atoms with E-state index >= 15 is 0 Å². The highest BCUT2D eigenvalue weighted by Crippen LogP contribution is 2.32. The van der Waals surface area contributed by atoms with E-state index in [4.69, 9.17) is 9.47 Å². The van der Waals surface area contributed by atoms with E-state index in [0.717, 1.165) is 36.1 Å². The van der Waals surface area contributed by atoms with Gasteiger partial charge >= 0.3 is 0 Å². The lowest BCUT2D eigenvalue weighted by atomic mass is 10.0. The summed E-state index contributed by atoms with van der Waals surface area (Å²) in [7, 11) is 3.24. The monoisotopic (exact) mass is 725 g/mol. The molecule has 53 heavy (non-hydrogen) atoms. The minimum absolute atomic E-state index is 0.149. The highest BCUT2D eigenvalue weighted by atomic mass is 16.5. The second-order valence-corrected chi connectivity index (χ2v) is 13.2. The number of anilines is 2. The number of hydrogen-bond donors (Lipinski definition) is 4. The van der Waals surface area contributed by atoms with Crippen LogP contribution in [0.5, 0.6) is 11.5 Å². The van der Waals surface area contributed by atoms with Gasteiger partial charge in [0, 0.05) is 61.3 Å². The van der Waals surface area contributed by atoms with Crippen LogP contribution in [0.15, 0.2) is 60.7 Å². The van der Waals surface area contributed by atoms with E-state index in [0.29, 0.717) is 54.1 Å². The Bertz CT molecular complexity index is 1840. The van der Waals surface area contributed by atoms with E-state index < -0.39 is 11.9 Å². The van der Waals surface area contributed by atoms with E-state index in [1.807, 2.05) is 42.5 Å². The van der Waals surface area contributed by atoms with Crippen LogP contribution in [0.2, 0.25) is 0 Å². The van der Waals surface area contributed by atoms with E-state index in [1.54, 1.807) is 32.4 Å². The van der Waals surface area contributed by atoms with Gasteiger partial charge in [0.05, 0.1) is 14.2 Å². The molecule has 13 nitrogen and oxygen atoms in total. The van der Waals surface area contributed by atoms with Crippen molar-refractivity contribution in [3.05, 3.63) is 82.9 Å². The summed E-state index contributed by atoms with van der Waals surface area (Å²) in [6, 6.07) is 18.1. The topological polar surface area (TPSA) is 172 Å². The predicted molar refractivity (Wildman–Crippen MR) is 198 cm³/mol. The number of amides is 6. The predicted octanol–water partition coefficient (Wildman–Crippen LogP) is 4.67. The molecule has 3 aromatic carbocycles. The summed E-state index contributed by atoms with van der Waals surface area (Å²) in [5, 5.41) is 10.9. The molecule has 1 fully saturated rings. The lowest BCUT2D eigenvalue weighted by Crippen LogP contribution is -2.52. The zero-order valence-electron chi connectivity index (χ0n) is 30.3. The number of ether oxygens (including phenoxy) is 2. The number of aryl methyl sites for hydroxylation is 2. The van der Waals surface area contributed by atoms with Crippen LogP contribution in [-0.2, 0) is 43.4 Å². The maximum absolute atomic E-state index is 13.0. The number of methoxy groups -OCH3 is 2. The summed E-state index contributed by atoms with van der Waals surface area (Å²) in [4.78, 5) is 76.0. The van der Waals surface area contributed by atoms with Crippen molar-refractivity contribution >= 4 is 46.8 Å². The zero-order chi connectivity index (χ0) is 37.7. The van der Waals surface area contributed by atoms with Crippen molar-refractivity contribution in [2.45, 2.75) is 83.2 Å². The minimum Gasteiger partial charge on any atom is -0.493 e. The smallest absolute Gasteiger partial charge is 0.255 e. The van der Waals surface area contributed by atoms with Gasteiger partial charge in [0.25, 0.3) is 5.91 Å². The summed E-state index contributed by atoms with van der Waals surface area (Å²) in [6.07, 6.45) is 5.31. The molecule has 2 aliphatic rings. The van der Waals surface area contributed by atoms with E-state index in [-0.39, 0.29) is 68.2 Å². The number of carbonyl (C=O) groups is 6. The molecule has 0 aliphatic carbocycles. The summed E-state index contributed by atoms with van der Waals surface area (Å²) in [5.74, 6) is -0.245. The van der Waals surface area contributed by atoms with Gasteiger partial charge in [0.2, 0.25) is 29.5 Å². The fourth-order valence-corrected chi connectivity index (χ4v) is 6.61. The van der Waals surface area contributed by atoms with Crippen molar-refractivity contribution < 1.29 is 38.2 Å². The van der Waals surface area contributed by atoms with Crippen LogP contribution in [0.1, 0.15) is 84.8 Å². The summed E-state index contributed by atoms with van der Waals surface area (Å²) >= 11 is 0. The molecule has 2 aliphatic heterocycles. The van der Waals surface area contributed by atoms with Gasteiger partial charge in [0.1, 0.15) is 6.04 Å². The molecule has 3 aromatic rings. The first-order valence-corrected chi connectivity index (χ1v) is 18.1. The number of carbonyl (C=O) groups excluding carboxylic acids is 6. The molecule has 6 amide bonds. The summed E-state index contributed by atoms with van der Waals surface area (Å²) in [5.41, 5.74) is 4.60. The van der Waals surface area contributed by atoms with Crippen LogP contribution in [0.4, 0.5) is 11.4 Å². The molecule has 0 saturated carbocycles. The Hall–Kier alpha value is -5.72. The van der Waals surface area contributed by atoms with Crippen molar-refractivity contribution in [2.24, 2.45) is 0 Å². The highest BCUT2D eigenvalue weighted by Gasteiger charge is 2.40. The van der Waals surface area contributed by atoms with Crippen LogP contribution < -0.4 is 30.7 Å². The van der Waals surface area contributed by atoms with Gasteiger partial charge in [-0.2, -0.15) is 0 Å². The maximum atomic E-state index is 13.0. The molecule has 1 saturated heterocycles. The minimum atomic E-state index is -0.731. The standard InChI is InChI=1S/C40H47N5O8/c1-52-33-20-18-27(24-34(33)53-2)10-5-9-26-11-6-12-28(23-26)42-36(47)17-8-16-35(46)41-22-4-3-15-37(48)43-31-14-7-13-29-30(31)25-45(40(29)51)32-19-21-38(49)44-39(32)50/h6-7,11-14,18,20,23-24,32H,3-5,8-10,15-17,19,21-22,25H2,1-2H3,(H,41,46)(H,42,47)(H,43,48)(H,44,49,50). The molecule has 0 spiro atoms. The second-order valence-electron chi connectivity index (χ2n) is 13.2. The number of fused-ring (bicyclic) bond motifs is 1. The molecule has 13 heteroatoms. The largest absolute Gasteiger partial charge is 0.493 e. The number of nitrogens with one attached hydrogen (secondary N) is 4. The van der Waals surface area contributed by atoms with E-state index in [2.05, 4.69) is 21.3 Å². The van der Waals surface area contributed by atoms with Crippen LogP contribution in [-0.4, -0.2) is 67.1 Å². The summed E-state index contributed by atoms with van der Waals surface area (Å²) < 4.78 is 10.7. The molecule has 0 radical (unpaired) electrons. The Morgan fingerprint density at radius 3 is 2.26 bits per heavy atom. The van der Waals surface area contributed by atoms with Crippen molar-refractivity contribution in [1.82, 2.24) is 15.5 Å². The number of piperidine rings is 1. The van der Waals surface area contributed by atoms with Crippen LogP contribution in [0.3, 0.4) is 0 Å². The SMILES string of the molecule is COc1ccc(CCCc2cccc(NC(=O)CCCC(=O)NCCCCC(=O)Nc3cccc4c3CN(C3CCC(=O)NC3=O)C4=O)c2)cc1OC. The third-order valence-electron chi connectivity index (χ3n) is 9.41. The zero-order valence-corrected chi connectivity index (χ0v) is 30.3. The van der Waals surface area contributed by atoms with Crippen LogP contribution in [0, 0.1) is 0 Å². The first-order valence-electron chi connectivity index (χ1n) is 18.1. The third kappa shape index (κ3) is 10.7. The number of imide groups is 1. The van der Waals surface area contributed by atoms with Crippen molar-refractivity contribution in [3.8, 4) is 11.5 Å². The number of benzene rings is 3. The van der Waals surface area contributed by atoms with Gasteiger partial charge in [-0.05, 0) is 92.5 Å². The molecule has 0 bridgehead atoms.